The van der Waals surface area contributed by atoms with Gasteiger partial charge in [-0.25, -0.2) is 4.79 Å². The van der Waals surface area contributed by atoms with Gasteiger partial charge in [0.2, 0.25) is 0 Å². The third-order valence-electron chi connectivity index (χ3n) is 1.12. The summed E-state index contributed by atoms with van der Waals surface area (Å²) < 4.78 is 0. The number of carbonyl (C=O) groups is 2. The first-order chi connectivity index (χ1) is 7.95. The zero-order valence-electron chi connectivity index (χ0n) is 9.41. The molecule has 0 aliphatic carbocycles. The first kappa shape index (κ1) is 17.5. The van der Waals surface area contributed by atoms with Crippen LogP contribution in [0.25, 0.3) is 0 Å². The maximum Gasteiger partial charge on any atom is 0.335 e. The van der Waals surface area contributed by atoms with Crippen molar-refractivity contribution >= 4 is 11.9 Å². The normalized spacial score (nSPS) is 7.94. The first-order valence-electron chi connectivity index (χ1n) is 4.65. The van der Waals surface area contributed by atoms with Crippen molar-refractivity contribution in [3.8, 4) is 0 Å². The summed E-state index contributed by atoms with van der Waals surface area (Å²) in [5.41, 5.74) is 0.331. The molecule has 0 heterocycles. The van der Waals surface area contributed by atoms with Crippen LogP contribution < -0.4 is 0 Å². The average molecular weight is 244 g/mol. The van der Waals surface area contributed by atoms with E-state index in [1.54, 1.807) is 30.3 Å². The molecule has 0 atom stereocenters. The summed E-state index contributed by atoms with van der Waals surface area (Å²) in [7, 11) is 0. The van der Waals surface area contributed by atoms with E-state index in [0.717, 1.165) is 6.92 Å². The first-order valence-corrected chi connectivity index (χ1v) is 4.65. The Balaban J connectivity index is 0. The van der Waals surface area contributed by atoms with Crippen LogP contribution in [0.3, 0.4) is 0 Å². The van der Waals surface area contributed by atoms with Crippen molar-refractivity contribution in [3.63, 3.8) is 0 Å². The van der Waals surface area contributed by atoms with Crippen LogP contribution in [-0.4, -0.2) is 45.6 Å². The molecular weight excluding hydrogens is 228 g/mol. The number of aromatic carboxylic acids is 1. The van der Waals surface area contributed by atoms with Gasteiger partial charge in [-0.05, 0) is 12.1 Å². The van der Waals surface area contributed by atoms with Crippen molar-refractivity contribution in [1.82, 2.24) is 0 Å². The number of benzene rings is 1. The fourth-order valence-electron chi connectivity index (χ4n) is 0.581. The SMILES string of the molecule is CC(=O)O.O=C(O)c1ccccc1.OCCO. The predicted octanol–water partition coefficient (Wildman–Crippen LogP) is 0.447. The highest BCUT2D eigenvalue weighted by atomic mass is 16.4. The quantitative estimate of drug-likeness (QED) is 0.600. The predicted molar refractivity (Wildman–Crippen MR) is 60.9 cm³/mol. The average Bonchev–Trinajstić information content (AvgIpc) is 2.30. The maximum atomic E-state index is 10.2. The molecule has 1 aromatic rings. The van der Waals surface area contributed by atoms with Gasteiger partial charge in [0.05, 0.1) is 18.8 Å². The largest absolute Gasteiger partial charge is 0.481 e. The van der Waals surface area contributed by atoms with E-state index in [-0.39, 0.29) is 13.2 Å². The van der Waals surface area contributed by atoms with Gasteiger partial charge in [0.15, 0.2) is 0 Å². The molecule has 0 aliphatic heterocycles. The molecule has 0 aliphatic rings. The van der Waals surface area contributed by atoms with E-state index in [1.807, 2.05) is 0 Å². The lowest BCUT2D eigenvalue weighted by atomic mass is 10.2. The smallest absolute Gasteiger partial charge is 0.335 e. The molecule has 0 fully saturated rings. The highest BCUT2D eigenvalue weighted by Gasteiger charge is 1.96. The van der Waals surface area contributed by atoms with Crippen molar-refractivity contribution in [2.45, 2.75) is 6.92 Å². The Kier molecular flexibility index (Phi) is 12.5. The number of carboxylic acid groups (broad SMARTS) is 2. The minimum absolute atomic E-state index is 0.125. The lowest BCUT2D eigenvalue weighted by Gasteiger charge is -1.88. The van der Waals surface area contributed by atoms with Gasteiger partial charge in [-0.2, -0.15) is 0 Å². The second-order valence-corrected chi connectivity index (χ2v) is 2.64. The molecule has 0 saturated heterocycles. The molecule has 0 spiro atoms. The lowest BCUT2D eigenvalue weighted by molar-refractivity contribution is -0.134. The van der Waals surface area contributed by atoms with Gasteiger partial charge in [0.25, 0.3) is 5.97 Å². The number of carboxylic acids is 2. The van der Waals surface area contributed by atoms with E-state index in [9.17, 15) is 4.79 Å². The molecule has 4 N–H and O–H groups in total. The zero-order valence-corrected chi connectivity index (χ0v) is 9.41. The van der Waals surface area contributed by atoms with E-state index < -0.39 is 11.9 Å². The van der Waals surface area contributed by atoms with Crippen LogP contribution in [0, 0.1) is 0 Å². The van der Waals surface area contributed by atoms with E-state index >= 15 is 0 Å². The number of hydrogen-bond donors (Lipinski definition) is 4. The fourth-order valence-corrected chi connectivity index (χ4v) is 0.581. The van der Waals surface area contributed by atoms with Gasteiger partial charge in [0.1, 0.15) is 0 Å². The minimum atomic E-state index is -0.879. The second kappa shape index (κ2) is 12.2. The Morgan fingerprint density at radius 3 is 1.53 bits per heavy atom. The number of rotatable bonds is 2. The molecule has 1 aromatic carbocycles. The maximum absolute atomic E-state index is 10.2. The summed E-state index contributed by atoms with van der Waals surface area (Å²) in [4.78, 5) is 19.2. The van der Waals surface area contributed by atoms with Gasteiger partial charge in [-0.3, -0.25) is 4.79 Å². The monoisotopic (exact) mass is 244 g/mol. The highest BCUT2D eigenvalue weighted by Crippen LogP contribution is 1.96. The van der Waals surface area contributed by atoms with Crippen molar-refractivity contribution in [1.29, 1.82) is 0 Å². The molecule has 6 heteroatoms. The molecule has 0 saturated carbocycles. The second-order valence-electron chi connectivity index (χ2n) is 2.64. The zero-order chi connectivity index (χ0) is 13.7. The van der Waals surface area contributed by atoms with Crippen molar-refractivity contribution in [2.24, 2.45) is 0 Å². The fraction of sp³-hybridized carbons (Fsp3) is 0.273. The molecule has 96 valence electrons. The topological polar surface area (TPSA) is 115 Å². The van der Waals surface area contributed by atoms with Gasteiger partial charge in [0, 0.05) is 6.92 Å². The van der Waals surface area contributed by atoms with Crippen LogP contribution in [0.2, 0.25) is 0 Å². The minimum Gasteiger partial charge on any atom is -0.481 e. The van der Waals surface area contributed by atoms with E-state index in [4.69, 9.17) is 25.2 Å². The Labute approximate surface area is 98.8 Å². The van der Waals surface area contributed by atoms with Crippen molar-refractivity contribution < 1.29 is 30.0 Å². The van der Waals surface area contributed by atoms with Crippen LogP contribution in [0.4, 0.5) is 0 Å². The van der Waals surface area contributed by atoms with Crippen molar-refractivity contribution in [3.05, 3.63) is 35.9 Å². The molecule has 17 heavy (non-hydrogen) atoms. The van der Waals surface area contributed by atoms with Gasteiger partial charge in [-0.1, -0.05) is 18.2 Å². The number of hydrogen-bond acceptors (Lipinski definition) is 4. The Bertz CT molecular complexity index is 303. The number of aliphatic hydroxyl groups is 2. The highest BCUT2D eigenvalue weighted by molar-refractivity contribution is 5.87. The Hall–Kier alpha value is -1.92. The summed E-state index contributed by atoms with van der Waals surface area (Å²) in [6.07, 6.45) is 0. The summed E-state index contributed by atoms with van der Waals surface area (Å²) in [5, 5.41) is 31.1. The van der Waals surface area contributed by atoms with Gasteiger partial charge in [-0.15, -0.1) is 0 Å². The molecule has 0 amide bonds. The Morgan fingerprint density at radius 2 is 1.35 bits per heavy atom. The van der Waals surface area contributed by atoms with E-state index in [0.29, 0.717) is 5.56 Å². The molecular formula is C11H16O6. The van der Waals surface area contributed by atoms with Crippen molar-refractivity contribution in [2.75, 3.05) is 13.2 Å². The van der Waals surface area contributed by atoms with Crippen LogP contribution in [0.1, 0.15) is 17.3 Å². The van der Waals surface area contributed by atoms with Gasteiger partial charge >= 0.3 is 5.97 Å². The molecule has 0 aromatic heterocycles. The summed E-state index contributed by atoms with van der Waals surface area (Å²) in [5.74, 6) is -1.71. The summed E-state index contributed by atoms with van der Waals surface area (Å²) >= 11 is 0. The van der Waals surface area contributed by atoms with Crippen LogP contribution >= 0.6 is 0 Å². The van der Waals surface area contributed by atoms with Crippen LogP contribution in [0.5, 0.6) is 0 Å². The van der Waals surface area contributed by atoms with E-state index in [1.165, 1.54) is 0 Å². The third kappa shape index (κ3) is 16.7. The number of aliphatic hydroxyl groups excluding tert-OH is 2. The molecule has 6 nitrogen and oxygen atoms in total. The summed E-state index contributed by atoms with van der Waals surface area (Å²) in [6, 6.07) is 8.30. The van der Waals surface area contributed by atoms with Crippen LogP contribution in [0.15, 0.2) is 30.3 Å². The van der Waals surface area contributed by atoms with Gasteiger partial charge < -0.3 is 20.4 Å². The summed E-state index contributed by atoms with van der Waals surface area (Å²) in [6.45, 7) is 0.833. The van der Waals surface area contributed by atoms with E-state index in [2.05, 4.69) is 0 Å². The molecule has 0 radical (unpaired) electrons. The molecule has 1 rings (SSSR count). The Morgan fingerprint density at radius 1 is 1.00 bits per heavy atom. The number of aliphatic carboxylic acids is 1. The third-order valence-corrected chi connectivity index (χ3v) is 1.12. The lowest BCUT2D eigenvalue weighted by Crippen LogP contribution is -1.93. The molecule has 0 unspecified atom stereocenters. The standard InChI is InChI=1S/C7H6O2.C2H4O2.C2H6O2/c8-7(9)6-4-2-1-3-5-6;1-2(3)4;3-1-2-4/h1-5H,(H,8,9);1H3,(H,3,4);3-4H,1-2H2. The van der Waals surface area contributed by atoms with Crippen LogP contribution in [-0.2, 0) is 4.79 Å². The molecule has 0 bridgehead atoms.